The van der Waals surface area contributed by atoms with E-state index in [-0.39, 0.29) is 11.8 Å². The van der Waals surface area contributed by atoms with Gasteiger partial charge in [-0.3, -0.25) is 4.79 Å². The van der Waals surface area contributed by atoms with Crippen molar-refractivity contribution in [3.63, 3.8) is 0 Å². The molecule has 1 atom stereocenters. The van der Waals surface area contributed by atoms with Gasteiger partial charge in [-0.2, -0.15) is 0 Å². The Morgan fingerprint density at radius 1 is 1.37 bits per heavy atom. The maximum absolute atomic E-state index is 12.2. The first-order chi connectivity index (χ1) is 9.17. The second kappa shape index (κ2) is 8.67. The summed E-state index contributed by atoms with van der Waals surface area (Å²) in [5, 5.41) is 0. The summed E-state index contributed by atoms with van der Waals surface area (Å²) < 4.78 is 5.07. The van der Waals surface area contributed by atoms with Crippen LogP contribution in [-0.2, 0) is 16.1 Å². The molecule has 1 amide bonds. The van der Waals surface area contributed by atoms with Crippen LogP contribution in [0.1, 0.15) is 18.9 Å². The van der Waals surface area contributed by atoms with Gasteiger partial charge in [-0.15, -0.1) is 0 Å². The van der Waals surface area contributed by atoms with E-state index in [4.69, 9.17) is 10.5 Å². The molecular weight excluding hydrogens is 240 g/mol. The smallest absolute Gasteiger partial charge is 0.223 e. The van der Waals surface area contributed by atoms with Crippen molar-refractivity contribution >= 4 is 5.91 Å². The van der Waals surface area contributed by atoms with Gasteiger partial charge in [-0.05, 0) is 18.0 Å². The SMILES string of the molecule is COCCN(Cc1ccccc1)C(=O)CC(C)CN. The Balaban J connectivity index is 2.63. The molecule has 0 radical (unpaired) electrons. The second-order valence-electron chi connectivity index (χ2n) is 4.84. The van der Waals surface area contributed by atoms with Gasteiger partial charge in [0, 0.05) is 26.6 Å². The predicted molar refractivity (Wildman–Crippen MR) is 76.6 cm³/mol. The zero-order valence-electron chi connectivity index (χ0n) is 11.8. The lowest BCUT2D eigenvalue weighted by Crippen LogP contribution is -2.35. The molecule has 0 aliphatic rings. The number of carbonyl (C=O) groups is 1. The molecule has 4 heteroatoms. The Bertz CT molecular complexity index is 368. The van der Waals surface area contributed by atoms with E-state index in [1.54, 1.807) is 7.11 Å². The standard InChI is InChI=1S/C15H24N2O2/c1-13(11-16)10-15(18)17(8-9-19-2)12-14-6-4-3-5-7-14/h3-7,13H,8-12,16H2,1-2H3. The Kier molecular flexibility index (Phi) is 7.15. The van der Waals surface area contributed by atoms with Gasteiger partial charge in [0.2, 0.25) is 5.91 Å². The number of nitrogens with zero attached hydrogens (tertiary/aromatic N) is 1. The Morgan fingerprint density at radius 2 is 2.05 bits per heavy atom. The molecule has 19 heavy (non-hydrogen) atoms. The van der Waals surface area contributed by atoms with Crippen molar-refractivity contribution in [3.8, 4) is 0 Å². The molecule has 0 aromatic heterocycles. The summed E-state index contributed by atoms with van der Waals surface area (Å²) in [6.45, 7) is 4.32. The first kappa shape index (κ1) is 15.7. The molecular formula is C15H24N2O2. The zero-order valence-corrected chi connectivity index (χ0v) is 11.8. The monoisotopic (exact) mass is 264 g/mol. The molecule has 0 aliphatic carbocycles. The van der Waals surface area contributed by atoms with Gasteiger partial charge >= 0.3 is 0 Å². The van der Waals surface area contributed by atoms with Crippen molar-refractivity contribution in [1.29, 1.82) is 0 Å². The molecule has 1 aromatic rings. The lowest BCUT2D eigenvalue weighted by molar-refractivity contribution is -0.133. The number of ether oxygens (including phenoxy) is 1. The highest BCUT2D eigenvalue weighted by Gasteiger charge is 2.16. The molecule has 0 fully saturated rings. The van der Waals surface area contributed by atoms with E-state index in [2.05, 4.69) is 0 Å². The van der Waals surface area contributed by atoms with Crippen LogP contribution in [0.2, 0.25) is 0 Å². The fraction of sp³-hybridized carbons (Fsp3) is 0.533. The average molecular weight is 264 g/mol. The molecule has 0 spiro atoms. The fourth-order valence-corrected chi connectivity index (χ4v) is 1.81. The molecule has 1 unspecified atom stereocenters. The highest BCUT2D eigenvalue weighted by Crippen LogP contribution is 2.09. The molecule has 0 heterocycles. The van der Waals surface area contributed by atoms with Crippen LogP contribution < -0.4 is 5.73 Å². The first-order valence-electron chi connectivity index (χ1n) is 6.68. The average Bonchev–Trinajstić information content (AvgIpc) is 2.44. The van der Waals surface area contributed by atoms with Gasteiger partial charge in [-0.25, -0.2) is 0 Å². The van der Waals surface area contributed by atoms with Crippen LogP contribution in [0.5, 0.6) is 0 Å². The molecule has 0 aliphatic heterocycles. The Labute approximate surface area is 115 Å². The second-order valence-corrected chi connectivity index (χ2v) is 4.84. The van der Waals surface area contributed by atoms with Crippen LogP contribution in [0.25, 0.3) is 0 Å². The molecule has 1 aromatic carbocycles. The number of amides is 1. The number of hydrogen-bond acceptors (Lipinski definition) is 3. The highest BCUT2D eigenvalue weighted by molar-refractivity contribution is 5.76. The number of hydrogen-bond donors (Lipinski definition) is 1. The minimum Gasteiger partial charge on any atom is -0.383 e. The summed E-state index contributed by atoms with van der Waals surface area (Å²) in [5.74, 6) is 0.354. The Hall–Kier alpha value is -1.39. The maximum Gasteiger partial charge on any atom is 0.223 e. The minimum absolute atomic E-state index is 0.138. The van der Waals surface area contributed by atoms with Gasteiger partial charge in [0.05, 0.1) is 6.61 Å². The van der Waals surface area contributed by atoms with E-state index < -0.39 is 0 Å². The van der Waals surface area contributed by atoms with Crippen LogP contribution in [0, 0.1) is 5.92 Å². The summed E-state index contributed by atoms with van der Waals surface area (Å²) in [4.78, 5) is 14.1. The molecule has 4 nitrogen and oxygen atoms in total. The van der Waals surface area contributed by atoms with Gasteiger partial charge in [0.1, 0.15) is 0 Å². The summed E-state index contributed by atoms with van der Waals surface area (Å²) in [5.41, 5.74) is 6.71. The summed E-state index contributed by atoms with van der Waals surface area (Å²) in [6, 6.07) is 9.99. The summed E-state index contributed by atoms with van der Waals surface area (Å²) in [7, 11) is 1.65. The van der Waals surface area contributed by atoms with Crippen LogP contribution in [-0.4, -0.2) is 37.6 Å². The van der Waals surface area contributed by atoms with E-state index in [9.17, 15) is 4.79 Å². The van der Waals surface area contributed by atoms with Crippen LogP contribution in [0.4, 0.5) is 0 Å². The van der Waals surface area contributed by atoms with Gasteiger partial charge < -0.3 is 15.4 Å². The van der Waals surface area contributed by atoms with Gasteiger partial charge in [0.25, 0.3) is 0 Å². The predicted octanol–water partition coefficient (Wildman–Crippen LogP) is 1.65. The van der Waals surface area contributed by atoms with Crippen molar-refractivity contribution < 1.29 is 9.53 Å². The molecule has 2 N–H and O–H groups in total. The third-order valence-electron chi connectivity index (χ3n) is 3.06. The lowest BCUT2D eigenvalue weighted by Gasteiger charge is -2.24. The van der Waals surface area contributed by atoms with Crippen molar-refractivity contribution in [2.45, 2.75) is 19.9 Å². The number of benzene rings is 1. The molecule has 1 rings (SSSR count). The number of rotatable bonds is 8. The van der Waals surface area contributed by atoms with Crippen LogP contribution >= 0.6 is 0 Å². The fourth-order valence-electron chi connectivity index (χ4n) is 1.81. The van der Waals surface area contributed by atoms with Crippen molar-refractivity contribution in [2.75, 3.05) is 26.8 Å². The van der Waals surface area contributed by atoms with E-state index in [0.29, 0.717) is 32.7 Å². The van der Waals surface area contributed by atoms with Crippen LogP contribution in [0.15, 0.2) is 30.3 Å². The van der Waals surface area contributed by atoms with Crippen molar-refractivity contribution in [1.82, 2.24) is 4.90 Å². The number of nitrogens with two attached hydrogens (primary N) is 1. The minimum atomic E-state index is 0.138. The molecule has 0 saturated heterocycles. The normalized spacial score (nSPS) is 12.2. The van der Waals surface area contributed by atoms with Gasteiger partial charge in [-0.1, -0.05) is 37.3 Å². The summed E-state index contributed by atoms with van der Waals surface area (Å²) in [6.07, 6.45) is 0.493. The molecule has 106 valence electrons. The largest absolute Gasteiger partial charge is 0.383 e. The first-order valence-corrected chi connectivity index (χ1v) is 6.68. The maximum atomic E-state index is 12.2. The van der Waals surface area contributed by atoms with E-state index in [1.807, 2.05) is 42.2 Å². The number of methoxy groups -OCH3 is 1. The third kappa shape index (κ3) is 5.85. The van der Waals surface area contributed by atoms with Crippen molar-refractivity contribution in [3.05, 3.63) is 35.9 Å². The van der Waals surface area contributed by atoms with E-state index in [1.165, 1.54) is 0 Å². The zero-order chi connectivity index (χ0) is 14.1. The Morgan fingerprint density at radius 3 is 2.63 bits per heavy atom. The quantitative estimate of drug-likeness (QED) is 0.776. The topological polar surface area (TPSA) is 55.6 Å². The number of carbonyl (C=O) groups excluding carboxylic acids is 1. The molecule has 0 saturated carbocycles. The third-order valence-corrected chi connectivity index (χ3v) is 3.06. The van der Waals surface area contributed by atoms with Crippen LogP contribution in [0.3, 0.4) is 0 Å². The lowest BCUT2D eigenvalue weighted by atomic mass is 10.1. The van der Waals surface area contributed by atoms with E-state index >= 15 is 0 Å². The molecule has 0 bridgehead atoms. The van der Waals surface area contributed by atoms with Gasteiger partial charge in [0.15, 0.2) is 0 Å². The summed E-state index contributed by atoms with van der Waals surface area (Å²) >= 11 is 0. The highest BCUT2D eigenvalue weighted by atomic mass is 16.5. The van der Waals surface area contributed by atoms with Crippen molar-refractivity contribution in [2.24, 2.45) is 11.7 Å². The van der Waals surface area contributed by atoms with E-state index in [0.717, 1.165) is 5.56 Å².